The molecule has 0 spiro atoms. The number of alkyl halides is 10. The Balaban J connectivity index is 0.000000770. The van der Waals surface area contributed by atoms with E-state index >= 15 is 0 Å². The van der Waals surface area contributed by atoms with Gasteiger partial charge in [-0.2, -0.15) is 55.1 Å². The quantitative estimate of drug-likeness (QED) is 0.00801. The molecular weight excluding hydrogens is 1900 g/mol. The number of esters is 3. The molecule has 0 bridgehead atoms. The maximum Gasteiger partial charge on any atom is 0.351 e. The molecule has 10 rings (SSSR count). The molecule has 0 radical (unpaired) electrons. The lowest BCUT2D eigenvalue weighted by molar-refractivity contribution is -0.143. The molecule has 45 nitrogen and oxygen atoms in total. The topological polar surface area (TPSA) is 655 Å². The highest BCUT2D eigenvalue weighted by Gasteiger charge is 2.63. The van der Waals surface area contributed by atoms with Crippen molar-refractivity contribution in [3.05, 3.63) is 91.0 Å². The van der Waals surface area contributed by atoms with Gasteiger partial charge in [0, 0.05) is 88.4 Å². The lowest BCUT2D eigenvalue weighted by Gasteiger charge is -2.21. The number of anilines is 4. The molecule has 12 atom stereocenters. The van der Waals surface area contributed by atoms with E-state index in [4.69, 9.17) is 113 Å². The number of Topliss-reactive ketones (excluding diaryl/α,β-unsaturated/α-hetero) is 1. The highest BCUT2D eigenvalue weighted by atomic mass is 35.5. The number of carbonyl (C=O) groups is 10. The largest absolute Gasteiger partial charge is 0.481 e. The Morgan fingerprint density at radius 3 is 1.03 bits per heavy atom. The number of amides is 4. The number of aliphatic carboxylic acids is 1. The smallest absolute Gasteiger partial charge is 0.351 e. The van der Waals surface area contributed by atoms with Crippen molar-refractivity contribution in [1.82, 2.24) is 48.4 Å². The van der Waals surface area contributed by atoms with E-state index in [0.29, 0.717) is 29.1 Å². The SMILES string of the molecule is CC.CC(=O)O.COC(=O)CCC(=O)N1CCSC1=S.COC(=O)CCC(=O)Nc1ccn(C2O[C@H](CO)[C@@H](O)C2(F)F)c(=O)n1.COC(=O)CCC(=O)Nc1ccn(C2O[C@H](CO)[C@@H](O)C2(F)F)c(=O)n1.ClCCl.Nc1ccn([C@@H]2O[C@H](CO)[C@@H](O)C2(F)F)c(=O)n1.O=C(CO)CCC(=O)Nc1ccn(C2O[C@H](CO)[C@@H](O)C2(F)F)c(=O)n1.O=CCl.S=C1NCCS1. The summed E-state index contributed by atoms with van der Waals surface area (Å²) in [7, 11) is 3.64. The minimum absolute atomic E-state index is 0.0922. The molecule has 16 N–H and O–H groups in total. The van der Waals surface area contributed by atoms with Crippen LogP contribution in [0.1, 0.15) is 97.0 Å². The number of thioether (sulfide) groups is 2. The molecule has 6 aliphatic heterocycles. The van der Waals surface area contributed by atoms with E-state index in [0.717, 1.165) is 78.3 Å². The highest BCUT2D eigenvalue weighted by Crippen LogP contribution is 2.45. The Kier molecular flexibility index (Phi) is 52.8. The molecule has 720 valence electrons. The summed E-state index contributed by atoms with van der Waals surface area (Å²) in [6, 6.07) is 4.37. The van der Waals surface area contributed by atoms with Crippen molar-refractivity contribution in [3.63, 3.8) is 0 Å². The summed E-state index contributed by atoms with van der Waals surface area (Å²) in [5, 5.41) is 99.2. The number of methoxy groups -OCH3 is 3. The van der Waals surface area contributed by atoms with Crippen LogP contribution in [0.5, 0.6) is 0 Å². The number of nitrogens with one attached hydrogen (secondary N) is 4. The number of hydrogen-bond acceptors (Lipinski definition) is 39. The summed E-state index contributed by atoms with van der Waals surface area (Å²) in [4.78, 5) is 170. The number of ketones is 1. The third-order valence-electron chi connectivity index (χ3n) is 16.2. The zero-order valence-electron chi connectivity index (χ0n) is 67.8. The van der Waals surface area contributed by atoms with E-state index in [2.05, 4.69) is 67.0 Å². The van der Waals surface area contributed by atoms with Crippen LogP contribution in [0.4, 0.5) is 58.4 Å². The van der Waals surface area contributed by atoms with Crippen molar-refractivity contribution in [2.24, 2.45) is 0 Å². The van der Waals surface area contributed by atoms with Crippen molar-refractivity contribution in [1.29, 1.82) is 0 Å². The molecule has 0 aliphatic carbocycles. The minimum atomic E-state index is -3.84. The van der Waals surface area contributed by atoms with Crippen LogP contribution in [0.2, 0.25) is 0 Å². The average Bonchev–Trinajstić information content (AvgIpc) is 1.63. The monoisotopic (exact) mass is 1980 g/mol. The first kappa shape index (κ1) is 117. The number of thiocarbonyl (C=S) groups is 2. The molecule has 128 heavy (non-hydrogen) atoms. The number of ether oxygens (including phenoxy) is 7. The van der Waals surface area contributed by atoms with Gasteiger partial charge in [0.25, 0.3) is 5.97 Å². The number of hydrogen-bond donors (Lipinski definition) is 15. The third-order valence-corrected chi connectivity index (χ3v) is 18.9. The van der Waals surface area contributed by atoms with Crippen LogP contribution in [0, 0.1) is 0 Å². The second-order valence-electron chi connectivity index (χ2n) is 24.9. The molecule has 4 amide bonds. The normalized spacial score (nSPS) is 22.3. The fraction of sp³-hybridized carbons (Fsp3) is 0.588. The Hall–Kier alpha value is -9.11. The van der Waals surface area contributed by atoms with Gasteiger partial charge in [0.2, 0.25) is 54.3 Å². The number of carbonyl (C=O) groups excluding carboxylic acids is 9. The summed E-state index contributed by atoms with van der Waals surface area (Å²) < 4.78 is 148. The summed E-state index contributed by atoms with van der Waals surface area (Å²) in [5.74, 6) is -18.7. The molecule has 6 aliphatic rings. The van der Waals surface area contributed by atoms with Crippen molar-refractivity contribution < 1.29 is 167 Å². The van der Waals surface area contributed by atoms with Gasteiger partial charge in [0.1, 0.15) is 62.9 Å². The molecule has 3 unspecified atom stereocenters. The van der Waals surface area contributed by atoms with Gasteiger partial charge in [-0.15, -0.1) is 23.2 Å². The lowest BCUT2D eigenvalue weighted by atomic mass is 10.1. The van der Waals surface area contributed by atoms with Gasteiger partial charge < -0.3 is 111 Å². The first-order chi connectivity index (χ1) is 60.1. The van der Waals surface area contributed by atoms with Crippen LogP contribution in [0.25, 0.3) is 0 Å². The van der Waals surface area contributed by atoms with Crippen LogP contribution in [0.3, 0.4) is 0 Å². The molecule has 4 aromatic rings. The zero-order valence-corrected chi connectivity index (χ0v) is 73.3. The Morgan fingerprint density at radius 2 is 0.812 bits per heavy atom. The Bertz CT molecular complexity index is 4280. The van der Waals surface area contributed by atoms with E-state index in [9.17, 15) is 113 Å². The number of nitrogens with zero attached hydrogens (tertiary/aromatic N) is 9. The third kappa shape index (κ3) is 36.3. The standard InChI is InChI=1S/3C14H17F2N3O7.C9H11F2N3O4.C8H11NO3S2.C3H5NS2.C2H4O2.C2H6.CH2Cl2.CHClO/c2*1-25-10(22)3-2-9(21)17-8-4-5-19(13(24)18-8)12-14(15,16)11(23)7(6-20)26-12;15-14(16)11(24)8(6-21)26-12(14)19-4-3-9(18-13(19)25)17-10(23)2-1-7(22)5-20;10-9(11)6(16)4(3-15)18-7(9)14-2-1-5(12)13-8(14)17;1-12-7(11)3-2-6(10)9-4-5-14-8(9)13;5-3-4-1-2-6-3;1-2(3)4;1-2;2*2-1-3/h2*4-5,7,11-12,20,23H,2-3,6H2,1H3,(H,17,18,21,24);3-4,8,11-12,20-21,24H,1-2,5-6H2,(H,17,18,23,25);1-2,4,6-7,15-16H,3H2,(H2,12,13,17);2-5H2,1H3;1-2H2,(H,4,5);1H3,(H,3,4);1-2H3;1H2;1H/t2*7-,11-,12?;8-,11-,12?;4-,6-,7-;;;;;;/m1111....../s1. The van der Waals surface area contributed by atoms with E-state index in [1.165, 1.54) is 33.1 Å². The maximum absolute atomic E-state index is 14.0. The van der Waals surface area contributed by atoms with Gasteiger partial charge in [0.05, 0.1) is 72.4 Å². The predicted molar refractivity (Wildman–Crippen MR) is 441 cm³/mol. The number of carboxylic acids is 1. The number of nitrogens with two attached hydrogens (primary N) is 1. The molecule has 6 fully saturated rings. The first-order valence-corrected chi connectivity index (χ1v) is 40.8. The highest BCUT2D eigenvalue weighted by molar-refractivity contribution is 8.23. The van der Waals surface area contributed by atoms with Crippen molar-refractivity contribution in [2.45, 2.75) is 170 Å². The average molecular weight is 1990 g/mol. The van der Waals surface area contributed by atoms with Gasteiger partial charge in [-0.05, 0) is 35.9 Å². The van der Waals surface area contributed by atoms with E-state index in [1.54, 1.807) is 16.7 Å². The second kappa shape index (κ2) is 57.8. The number of aliphatic hydroxyl groups is 9. The fourth-order valence-corrected chi connectivity index (χ4v) is 12.2. The van der Waals surface area contributed by atoms with E-state index in [1.807, 2.05) is 13.8 Å². The van der Waals surface area contributed by atoms with Crippen LogP contribution in [0.15, 0.2) is 68.2 Å². The number of nitrogen functional groups attached to an aromatic ring is 1. The summed E-state index contributed by atoms with van der Waals surface area (Å²) in [6.07, 6.45) is -20.9. The molecule has 4 aromatic heterocycles. The van der Waals surface area contributed by atoms with Crippen molar-refractivity contribution in [3.8, 4) is 0 Å². The maximum atomic E-state index is 14.0. The van der Waals surface area contributed by atoms with Crippen molar-refractivity contribution in [2.75, 3.05) is 106 Å². The second-order valence-corrected chi connectivity index (χ2v) is 29.4. The number of rotatable bonds is 24. The van der Waals surface area contributed by atoms with Crippen molar-refractivity contribution >= 4 is 174 Å². The van der Waals surface area contributed by atoms with Crippen LogP contribution in [-0.2, 0) is 81.1 Å². The Morgan fingerprint density at radius 1 is 0.531 bits per heavy atom. The van der Waals surface area contributed by atoms with Gasteiger partial charge >= 0.3 is 64.4 Å². The molecular formula is C68H91Cl3F8N14O31S4. The number of aliphatic hydroxyl groups excluding tert-OH is 9. The van der Waals surface area contributed by atoms with Gasteiger partial charge in [-0.1, -0.05) is 61.8 Å². The summed E-state index contributed by atoms with van der Waals surface area (Å²) in [5.41, 5.74) is 0.712. The summed E-state index contributed by atoms with van der Waals surface area (Å²) >= 11 is 26.8. The predicted octanol–water partition coefficient (Wildman–Crippen LogP) is -0.476. The van der Waals surface area contributed by atoms with Gasteiger partial charge in [-0.3, -0.25) is 71.1 Å². The zero-order chi connectivity index (χ0) is 97.9. The molecule has 10 heterocycles. The number of halogens is 11. The Labute approximate surface area is 752 Å². The number of carboxylic acid groups (broad SMARTS) is 1. The van der Waals surface area contributed by atoms with E-state index in [-0.39, 0.29) is 97.6 Å². The molecule has 0 aromatic carbocycles. The fourth-order valence-electron chi connectivity index (χ4n) is 10.1. The van der Waals surface area contributed by atoms with Crippen LogP contribution < -0.4 is 49.8 Å². The lowest BCUT2D eigenvalue weighted by Crippen LogP contribution is -2.41. The first-order valence-electron chi connectivity index (χ1n) is 36.5. The molecule has 6 saturated heterocycles. The molecule has 60 heteroatoms. The van der Waals surface area contributed by atoms with Crippen LogP contribution >= 0.6 is 82.8 Å². The summed E-state index contributed by atoms with van der Waals surface area (Å²) in [6.45, 7) is 2.74. The van der Waals surface area contributed by atoms with Gasteiger partial charge in [-0.25, -0.2) is 19.2 Å². The number of aromatic nitrogens is 8. The molecule has 0 saturated carbocycles. The van der Waals surface area contributed by atoms with E-state index < -0.39 is 195 Å². The van der Waals surface area contributed by atoms with Gasteiger partial charge in [0.15, 0.2) is 30.2 Å². The van der Waals surface area contributed by atoms with Crippen LogP contribution in [-0.4, -0.2) is 319 Å². The minimum Gasteiger partial charge on any atom is -0.481 e.